The minimum atomic E-state index is 0.0260. The maximum Gasteiger partial charge on any atom is 0.157 e. The van der Waals surface area contributed by atoms with Gasteiger partial charge < -0.3 is 4.84 Å². The van der Waals surface area contributed by atoms with E-state index in [1.165, 1.54) is 0 Å². The van der Waals surface area contributed by atoms with Gasteiger partial charge in [0.15, 0.2) is 5.60 Å². The van der Waals surface area contributed by atoms with Gasteiger partial charge in [-0.1, -0.05) is 5.16 Å². The number of oxime groups is 1. The highest BCUT2D eigenvalue weighted by molar-refractivity contribution is 5.83. The van der Waals surface area contributed by atoms with E-state index in [0.717, 1.165) is 25.1 Å². The Morgan fingerprint density at radius 2 is 2.42 bits per heavy atom. The van der Waals surface area contributed by atoms with Crippen molar-refractivity contribution in [2.24, 2.45) is 5.16 Å². The minimum Gasteiger partial charge on any atom is -0.387 e. The molecule has 0 amide bonds. The highest BCUT2D eigenvalue weighted by Gasteiger charge is 2.46. The van der Waals surface area contributed by atoms with Crippen LogP contribution in [0, 0.1) is 0 Å². The third-order valence-corrected chi connectivity index (χ3v) is 2.93. The molecule has 2 rings (SSSR count). The molecular formula is C9H16N2O. The van der Waals surface area contributed by atoms with Gasteiger partial charge in [-0.3, -0.25) is 4.90 Å². The molecule has 0 aromatic carbocycles. The predicted molar refractivity (Wildman–Crippen MR) is 48.3 cm³/mol. The van der Waals surface area contributed by atoms with Gasteiger partial charge in [0.1, 0.15) is 0 Å². The second-order valence-electron chi connectivity index (χ2n) is 4.25. The zero-order valence-corrected chi connectivity index (χ0v) is 8.00. The van der Waals surface area contributed by atoms with Crippen LogP contribution in [-0.4, -0.2) is 35.8 Å². The maximum atomic E-state index is 5.50. The van der Waals surface area contributed by atoms with Crippen molar-refractivity contribution in [3.63, 3.8) is 0 Å². The van der Waals surface area contributed by atoms with Crippen molar-refractivity contribution < 1.29 is 4.84 Å². The molecule has 1 saturated heterocycles. The van der Waals surface area contributed by atoms with Crippen LogP contribution in [0.15, 0.2) is 5.16 Å². The third kappa shape index (κ3) is 1.12. The Hall–Kier alpha value is -0.570. The van der Waals surface area contributed by atoms with Gasteiger partial charge in [0, 0.05) is 25.4 Å². The summed E-state index contributed by atoms with van der Waals surface area (Å²) in [6.07, 6.45) is 2.13. The quantitative estimate of drug-likeness (QED) is 0.543. The molecule has 2 heterocycles. The standard InChI is InChI=1S/C9H16N2O/c1-7-4-9(12-10-7)5-8(2)11(3)6-9/h8H,4-6H2,1-3H3. The average molecular weight is 168 g/mol. The second-order valence-corrected chi connectivity index (χ2v) is 4.25. The van der Waals surface area contributed by atoms with Crippen LogP contribution in [0.25, 0.3) is 0 Å². The van der Waals surface area contributed by atoms with E-state index in [0.29, 0.717) is 6.04 Å². The molecule has 0 saturated carbocycles. The lowest BCUT2D eigenvalue weighted by molar-refractivity contribution is -0.00874. The summed E-state index contributed by atoms with van der Waals surface area (Å²) in [7, 11) is 2.15. The van der Waals surface area contributed by atoms with E-state index in [4.69, 9.17) is 4.84 Å². The number of nitrogens with zero attached hydrogens (tertiary/aromatic N) is 2. The number of hydrogen-bond donors (Lipinski definition) is 0. The van der Waals surface area contributed by atoms with Gasteiger partial charge in [-0.25, -0.2) is 0 Å². The van der Waals surface area contributed by atoms with Gasteiger partial charge in [0.2, 0.25) is 0 Å². The van der Waals surface area contributed by atoms with E-state index in [9.17, 15) is 0 Å². The number of likely N-dealkylation sites (tertiary alicyclic amines) is 1. The molecule has 2 unspecified atom stereocenters. The van der Waals surface area contributed by atoms with Crippen molar-refractivity contribution in [1.82, 2.24) is 4.90 Å². The van der Waals surface area contributed by atoms with E-state index in [1.54, 1.807) is 0 Å². The summed E-state index contributed by atoms with van der Waals surface area (Å²) in [5, 5.41) is 4.03. The summed E-state index contributed by atoms with van der Waals surface area (Å²) < 4.78 is 0. The first-order chi connectivity index (χ1) is 5.61. The average Bonchev–Trinajstić information content (AvgIpc) is 2.42. The van der Waals surface area contributed by atoms with E-state index < -0.39 is 0 Å². The fourth-order valence-electron chi connectivity index (χ4n) is 2.27. The van der Waals surface area contributed by atoms with Crippen molar-refractivity contribution in [3.8, 4) is 0 Å². The number of rotatable bonds is 0. The lowest BCUT2D eigenvalue weighted by Crippen LogP contribution is -2.32. The Morgan fingerprint density at radius 3 is 2.83 bits per heavy atom. The highest BCUT2D eigenvalue weighted by Crippen LogP contribution is 2.36. The van der Waals surface area contributed by atoms with Crippen molar-refractivity contribution in [2.75, 3.05) is 13.6 Å². The Labute approximate surface area is 73.4 Å². The molecule has 0 aromatic rings. The third-order valence-electron chi connectivity index (χ3n) is 2.93. The Bertz CT molecular complexity index is 215. The van der Waals surface area contributed by atoms with Crippen LogP contribution < -0.4 is 0 Å². The minimum absolute atomic E-state index is 0.0260. The van der Waals surface area contributed by atoms with Gasteiger partial charge in [-0.2, -0.15) is 0 Å². The van der Waals surface area contributed by atoms with E-state index in [2.05, 4.69) is 24.0 Å². The summed E-state index contributed by atoms with van der Waals surface area (Å²) in [4.78, 5) is 7.84. The first-order valence-electron chi connectivity index (χ1n) is 4.53. The summed E-state index contributed by atoms with van der Waals surface area (Å²) in [6.45, 7) is 5.30. The summed E-state index contributed by atoms with van der Waals surface area (Å²) in [5.41, 5.74) is 1.16. The summed E-state index contributed by atoms with van der Waals surface area (Å²) in [5.74, 6) is 0. The zero-order valence-electron chi connectivity index (χ0n) is 8.00. The fraction of sp³-hybridized carbons (Fsp3) is 0.889. The van der Waals surface area contributed by atoms with Crippen LogP contribution in [0.1, 0.15) is 26.7 Å². The number of likely N-dealkylation sites (N-methyl/N-ethyl adjacent to an activating group) is 1. The van der Waals surface area contributed by atoms with Crippen LogP contribution >= 0.6 is 0 Å². The molecule has 0 radical (unpaired) electrons. The highest BCUT2D eigenvalue weighted by atomic mass is 16.7. The molecule has 12 heavy (non-hydrogen) atoms. The Balaban J connectivity index is 2.08. The molecule has 2 aliphatic rings. The number of hydrogen-bond acceptors (Lipinski definition) is 3. The molecule has 0 bridgehead atoms. The molecule has 0 N–H and O–H groups in total. The van der Waals surface area contributed by atoms with Crippen LogP contribution in [0.2, 0.25) is 0 Å². The molecular weight excluding hydrogens is 152 g/mol. The van der Waals surface area contributed by atoms with Gasteiger partial charge >= 0.3 is 0 Å². The molecule has 68 valence electrons. The van der Waals surface area contributed by atoms with Crippen molar-refractivity contribution in [2.45, 2.75) is 38.3 Å². The summed E-state index contributed by atoms with van der Waals surface area (Å²) >= 11 is 0. The molecule has 3 nitrogen and oxygen atoms in total. The van der Waals surface area contributed by atoms with E-state index >= 15 is 0 Å². The topological polar surface area (TPSA) is 24.8 Å². The molecule has 1 spiro atoms. The largest absolute Gasteiger partial charge is 0.387 e. The first kappa shape index (κ1) is 8.05. The lowest BCUT2D eigenvalue weighted by Gasteiger charge is -2.19. The fourth-order valence-corrected chi connectivity index (χ4v) is 2.27. The van der Waals surface area contributed by atoms with Gasteiger partial charge in [-0.15, -0.1) is 0 Å². The Kier molecular flexibility index (Phi) is 1.65. The Morgan fingerprint density at radius 1 is 1.67 bits per heavy atom. The van der Waals surface area contributed by atoms with Gasteiger partial charge in [0.25, 0.3) is 0 Å². The van der Waals surface area contributed by atoms with Crippen LogP contribution in [-0.2, 0) is 4.84 Å². The zero-order chi connectivity index (χ0) is 8.77. The predicted octanol–water partition coefficient (Wildman–Crippen LogP) is 1.25. The first-order valence-corrected chi connectivity index (χ1v) is 4.53. The smallest absolute Gasteiger partial charge is 0.157 e. The normalized spacial score (nSPS) is 41.9. The van der Waals surface area contributed by atoms with E-state index in [-0.39, 0.29) is 5.60 Å². The second kappa shape index (κ2) is 2.46. The monoisotopic (exact) mass is 168 g/mol. The molecule has 0 aromatic heterocycles. The van der Waals surface area contributed by atoms with Gasteiger partial charge in [-0.05, 0) is 20.9 Å². The van der Waals surface area contributed by atoms with Crippen molar-refractivity contribution >= 4 is 5.71 Å². The lowest BCUT2D eigenvalue weighted by atomic mass is 9.95. The molecule has 1 fully saturated rings. The molecule has 0 aliphatic carbocycles. The van der Waals surface area contributed by atoms with Crippen molar-refractivity contribution in [1.29, 1.82) is 0 Å². The van der Waals surface area contributed by atoms with Crippen molar-refractivity contribution in [3.05, 3.63) is 0 Å². The molecule has 2 atom stereocenters. The van der Waals surface area contributed by atoms with Crippen LogP contribution in [0.4, 0.5) is 0 Å². The van der Waals surface area contributed by atoms with Crippen LogP contribution in [0.3, 0.4) is 0 Å². The molecule has 3 heteroatoms. The van der Waals surface area contributed by atoms with Crippen LogP contribution in [0.5, 0.6) is 0 Å². The maximum absolute atomic E-state index is 5.50. The molecule has 2 aliphatic heterocycles. The SMILES string of the molecule is CC1=NOC2(C1)CC(C)N(C)C2. The summed E-state index contributed by atoms with van der Waals surface area (Å²) in [6, 6.07) is 0.631. The van der Waals surface area contributed by atoms with Gasteiger partial charge in [0.05, 0.1) is 5.71 Å². The van der Waals surface area contributed by atoms with E-state index in [1.807, 2.05) is 6.92 Å².